The van der Waals surface area contributed by atoms with Crippen LogP contribution in [0.25, 0.3) is 0 Å². The minimum atomic E-state index is -0.685. The molecule has 2 unspecified atom stereocenters. The number of rotatable bonds is 7. The standard InChI is InChI=1S/C9H17BrO5/c1-7(4-10)15-9(11)13-5-8(2)14-6-12-3/h7-8H,4-6H2,1-3H3. The van der Waals surface area contributed by atoms with Crippen LogP contribution in [-0.2, 0) is 18.9 Å². The van der Waals surface area contributed by atoms with E-state index in [1.165, 1.54) is 7.11 Å². The molecule has 0 amide bonds. The maximum absolute atomic E-state index is 11.0. The molecule has 0 bridgehead atoms. The maximum atomic E-state index is 11.0. The number of hydrogen-bond donors (Lipinski definition) is 0. The summed E-state index contributed by atoms with van der Waals surface area (Å²) in [5, 5.41) is 0.581. The van der Waals surface area contributed by atoms with Crippen molar-refractivity contribution in [3.63, 3.8) is 0 Å². The predicted molar refractivity (Wildman–Crippen MR) is 58.1 cm³/mol. The summed E-state index contributed by atoms with van der Waals surface area (Å²) in [7, 11) is 1.53. The molecule has 0 N–H and O–H groups in total. The fourth-order valence-corrected chi connectivity index (χ4v) is 0.780. The zero-order chi connectivity index (χ0) is 11.7. The van der Waals surface area contributed by atoms with E-state index < -0.39 is 6.16 Å². The zero-order valence-corrected chi connectivity index (χ0v) is 10.8. The van der Waals surface area contributed by atoms with Gasteiger partial charge < -0.3 is 18.9 Å². The van der Waals surface area contributed by atoms with E-state index in [2.05, 4.69) is 15.9 Å². The Labute approximate surface area is 98.1 Å². The molecule has 15 heavy (non-hydrogen) atoms. The molecule has 0 spiro atoms. The van der Waals surface area contributed by atoms with E-state index >= 15 is 0 Å². The maximum Gasteiger partial charge on any atom is 0.508 e. The number of hydrogen-bond acceptors (Lipinski definition) is 5. The van der Waals surface area contributed by atoms with E-state index in [0.29, 0.717) is 5.33 Å². The summed E-state index contributed by atoms with van der Waals surface area (Å²) < 4.78 is 19.5. The number of ether oxygens (including phenoxy) is 4. The molecule has 0 aromatic rings. The molecule has 0 aliphatic heterocycles. The molecular weight excluding hydrogens is 268 g/mol. The summed E-state index contributed by atoms with van der Waals surface area (Å²) in [5.74, 6) is 0. The van der Waals surface area contributed by atoms with Crippen molar-refractivity contribution in [3.8, 4) is 0 Å². The van der Waals surface area contributed by atoms with E-state index in [9.17, 15) is 4.79 Å². The van der Waals surface area contributed by atoms with Crippen molar-refractivity contribution in [2.45, 2.75) is 26.1 Å². The normalized spacial score (nSPS) is 14.4. The van der Waals surface area contributed by atoms with Crippen LogP contribution in [0.4, 0.5) is 4.79 Å². The highest BCUT2D eigenvalue weighted by atomic mass is 79.9. The summed E-state index contributed by atoms with van der Waals surface area (Å²) in [6.45, 7) is 3.87. The van der Waals surface area contributed by atoms with Gasteiger partial charge in [-0.2, -0.15) is 0 Å². The lowest BCUT2D eigenvalue weighted by Gasteiger charge is -2.14. The Morgan fingerprint density at radius 3 is 2.53 bits per heavy atom. The fourth-order valence-electron chi connectivity index (χ4n) is 0.647. The number of carbonyl (C=O) groups is 1. The Kier molecular flexibility index (Phi) is 8.74. The molecule has 90 valence electrons. The van der Waals surface area contributed by atoms with Crippen molar-refractivity contribution >= 4 is 22.1 Å². The lowest BCUT2D eigenvalue weighted by atomic mass is 10.4. The van der Waals surface area contributed by atoms with Crippen LogP contribution in [0.5, 0.6) is 0 Å². The van der Waals surface area contributed by atoms with E-state index in [1.54, 1.807) is 13.8 Å². The summed E-state index contributed by atoms with van der Waals surface area (Å²) in [6.07, 6.45) is -1.10. The quantitative estimate of drug-likeness (QED) is 0.406. The predicted octanol–water partition coefficient (Wildman–Crippen LogP) is 1.93. The van der Waals surface area contributed by atoms with Crippen LogP contribution in [0.1, 0.15) is 13.8 Å². The summed E-state index contributed by atoms with van der Waals surface area (Å²) in [4.78, 5) is 11.0. The van der Waals surface area contributed by atoms with Gasteiger partial charge in [-0.15, -0.1) is 0 Å². The summed E-state index contributed by atoms with van der Waals surface area (Å²) in [5.41, 5.74) is 0. The number of alkyl halides is 1. The highest BCUT2D eigenvalue weighted by Crippen LogP contribution is 2.00. The topological polar surface area (TPSA) is 54.0 Å². The van der Waals surface area contributed by atoms with Gasteiger partial charge in [-0.1, -0.05) is 15.9 Å². The zero-order valence-electron chi connectivity index (χ0n) is 9.20. The van der Waals surface area contributed by atoms with Crippen molar-refractivity contribution in [2.24, 2.45) is 0 Å². The highest BCUT2D eigenvalue weighted by Gasteiger charge is 2.11. The van der Waals surface area contributed by atoms with Crippen LogP contribution < -0.4 is 0 Å². The minimum Gasteiger partial charge on any atom is -0.432 e. The molecule has 0 aromatic carbocycles. The molecule has 5 nitrogen and oxygen atoms in total. The van der Waals surface area contributed by atoms with Gasteiger partial charge in [0.05, 0.1) is 6.10 Å². The van der Waals surface area contributed by atoms with E-state index in [0.717, 1.165) is 0 Å². The van der Waals surface area contributed by atoms with Gasteiger partial charge in [0.25, 0.3) is 0 Å². The van der Waals surface area contributed by atoms with Gasteiger partial charge in [0.15, 0.2) is 0 Å². The van der Waals surface area contributed by atoms with Crippen molar-refractivity contribution in [3.05, 3.63) is 0 Å². The number of halogens is 1. The van der Waals surface area contributed by atoms with Gasteiger partial charge in [0, 0.05) is 12.4 Å². The number of methoxy groups -OCH3 is 1. The Hall–Kier alpha value is -0.330. The third-order valence-electron chi connectivity index (χ3n) is 1.42. The van der Waals surface area contributed by atoms with Crippen LogP contribution in [0, 0.1) is 0 Å². The van der Waals surface area contributed by atoms with Gasteiger partial charge in [-0.05, 0) is 13.8 Å². The molecule has 0 saturated heterocycles. The summed E-state index contributed by atoms with van der Waals surface area (Å²) in [6, 6.07) is 0. The monoisotopic (exact) mass is 284 g/mol. The van der Waals surface area contributed by atoms with Crippen LogP contribution in [0.3, 0.4) is 0 Å². The first kappa shape index (κ1) is 14.7. The second-order valence-electron chi connectivity index (χ2n) is 3.03. The molecule has 0 aliphatic carbocycles. The Balaban J connectivity index is 3.52. The molecule has 0 rings (SSSR count). The molecule has 0 saturated carbocycles. The highest BCUT2D eigenvalue weighted by molar-refractivity contribution is 9.09. The van der Waals surface area contributed by atoms with E-state index in [1.807, 2.05) is 0 Å². The lowest BCUT2D eigenvalue weighted by molar-refractivity contribution is -0.0871. The van der Waals surface area contributed by atoms with Crippen LogP contribution in [-0.4, -0.2) is 44.2 Å². The molecule has 0 aromatic heterocycles. The Morgan fingerprint density at radius 1 is 1.33 bits per heavy atom. The SMILES string of the molecule is COCOC(C)COC(=O)OC(C)CBr. The average Bonchev–Trinajstić information content (AvgIpc) is 2.23. The van der Waals surface area contributed by atoms with E-state index in [-0.39, 0.29) is 25.6 Å². The molecular formula is C9H17BrO5. The first-order valence-corrected chi connectivity index (χ1v) is 5.72. The number of carbonyl (C=O) groups excluding carboxylic acids is 1. The van der Waals surface area contributed by atoms with Crippen molar-refractivity contribution in [1.29, 1.82) is 0 Å². The molecule has 6 heteroatoms. The van der Waals surface area contributed by atoms with Gasteiger partial charge in [0.2, 0.25) is 0 Å². The van der Waals surface area contributed by atoms with Gasteiger partial charge in [-0.3, -0.25) is 0 Å². The van der Waals surface area contributed by atoms with Crippen LogP contribution in [0.2, 0.25) is 0 Å². The lowest BCUT2D eigenvalue weighted by Crippen LogP contribution is -2.23. The van der Waals surface area contributed by atoms with Gasteiger partial charge in [-0.25, -0.2) is 4.79 Å². The van der Waals surface area contributed by atoms with Crippen molar-refractivity contribution < 1.29 is 23.7 Å². The smallest absolute Gasteiger partial charge is 0.432 e. The van der Waals surface area contributed by atoms with Gasteiger partial charge >= 0.3 is 6.16 Å². The first-order valence-electron chi connectivity index (χ1n) is 4.60. The van der Waals surface area contributed by atoms with Crippen molar-refractivity contribution in [2.75, 3.05) is 25.8 Å². The third-order valence-corrected chi connectivity index (χ3v) is 2.33. The molecule has 0 heterocycles. The van der Waals surface area contributed by atoms with Crippen LogP contribution in [0.15, 0.2) is 0 Å². The Bertz CT molecular complexity index is 176. The second-order valence-corrected chi connectivity index (χ2v) is 3.68. The molecule has 0 radical (unpaired) electrons. The fraction of sp³-hybridized carbons (Fsp3) is 0.889. The third kappa shape index (κ3) is 8.65. The second kappa shape index (κ2) is 8.94. The largest absolute Gasteiger partial charge is 0.508 e. The first-order chi connectivity index (χ1) is 7.10. The average molecular weight is 285 g/mol. The molecule has 0 fully saturated rings. The van der Waals surface area contributed by atoms with E-state index in [4.69, 9.17) is 18.9 Å². The summed E-state index contributed by atoms with van der Waals surface area (Å²) >= 11 is 3.18. The molecule has 2 atom stereocenters. The van der Waals surface area contributed by atoms with Crippen molar-refractivity contribution in [1.82, 2.24) is 0 Å². The van der Waals surface area contributed by atoms with Crippen LogP contribution >= 0.6 is 15.9 Å². The molecule has 0 aliphatic rings. The minimum absolute atomic E-state index is 0.150. The van der Waals surface area contributed by atoms with Gasteiger partial charge in [0.1, 0.15) is 19.5 Å². The Morgan fingerprint density at radius 2 is 2.00 bits per heavy atom.